The van der Waals surface area contributed by atoms with Gasteiger partial charge in [0.1, 0.15) is 5.75 Å². The van der Waals surface area contributed by atoms with Crippen LogP contribution in [0.5, 0.6) is 5.75 Å². The van der Waals surface area contributed by atoms with Crippen LogP contribution in [0.2, 0.25) is 0 Å². The fourth-order valence-electron chi connectivity index (χ4n) is 3.30. The quantitative estimate of drug-likeness (QED) is 0.898. The summed E-state index contributed by atoms with van der Waals surface area (Å²) in [5, 5.41) is 3.56. The highest BCUT2D eigenvalue weighted by Crippen LogP contribution is 2.34. The highest BCUT2D eigenvalue weighted by atomic mass is 16.5. The molecule has 104 valence electrons. The molecule has 2 aliphatic rings. The first-order valence-corrected chi connectivity index (χ1v) is 7.54. The van der Waals surface area contributed by atoms with E-state index in [4.69, 9.17) is 4.74 Å². The van der Waals surface area contributed by atoms with E-state index >= 15 is 0 Å². The Morgan fingerprint density at radius 1 is 1.26 bits per heavy atom. The molecule has 0 aliphatic carbocycles. The van der Waals surface area contributed by atoms with Crippen molar-refractivity contribution in [3.8, 4) is 5.75 Å². The fourth-order valence-corrected chi connectivity index (χ4v) is 3.30. The number of nitrogens with zero attached hydrogens (tertiary/aromatic N) is 1. The molecule has 3 rings (SSSR count). The van der Waals surface area contributed by atoms with Crippen LogP contribution in [0.25, 0.3) is 0 Å². The van der Waals surface area contributed by atoms with Crippen molar-refractivity contribution in [1.29, 1.82) is 0 Å². The maximum atomic E-state index is 5.77. The Kier molecular flexibility index (Phi) is 4.04. The Labute approximate surface area is 115 Å². The number of rotatable bonds is 4. The van der Waals surface area contributed by atoms with Crippen LogP contribution in [0.4, 0.5) is 0 Å². The van der Waals surface area contributed by atoms with E-state index in [1.54, 1.807) is 0 Å². The first-order chi connectivity index (χ1) is 9.36. The highest BCUT2D eigenvalue weighted by molar-refractivity contribution is 5.39. The van der Waals surface area contributed by atoms with Gasteiger partial charge in [0.05, 0.1) is 6.61 Å². The molecule has 1 aromatic carbocycles. The number of likely N-dealkylation sites (tertiary alicyclic amines) is 1. The van der Waals surface area contributed by atoms with Crippen molar-refractivity contribution < 1.29 is 4.74 Å². The van der Waals surface area contributed by atoms with E-state index in [9.17, 15) is 0 Å². The maximum Gasteiger partial charge on any atom is 0.122 e. The van der Waals surface area contributed by atoms with Gasteiger partial charge in [-0.3, -0.25) is 0 Å². The number of nitrogens with one attached hydrogen (secondary N) is 1. The third kappa shape index (κ3) is 2.93. The van der Waals surface area contributed by atoms with Crippen molar-refractivity contribution in [1.82, 2.24) is 10.2 Å². The zero-order valence-electron chi connectivity index (χ0n) is 11.8. The molecule has 2 heterocycles. The van der Waals surface area contributed by atoms with E-state index in [-0.39, 0.29) is 0 Å². The van der Waals surface area contributed by atoms with Crippen LogP contribution in [-0.4, -0.2) is 43.7 Å². The summed E-state index contributed by atoms with van der Waals surface area (Å²) in [4.78, 5) is 2.60. The summed E-state index contributed by atoms with van der Waals surface area (Å²) >= 11 is 0. The number of para-hydroxylation sites is 1. The monoisotopic (exact) mass is 260 g/mol. The van der Waals surface area contributed by atoms with Crippen molar-refractivity contribution in [3.63, 3.8) is 0 Å². The van der Waals surface area contributed by atoms with Crippen molar-refractivity contribution >= 4 is 0 Å². The van der Waals surface area contributed by atoms with Crippen LogP contribution < -0.4 is 10.1 Å². The molecule has 2 aliphatic heterocycles. The van der Waals surface area contributed by atoms with Crippen LogP contribution in [0.3, 0.4) is 0 Å². The topological polar surface area (TPSA) is 24.5 Å². The number of hydrogen-bond acceptors (Lipinski definition) is 3. The largest absolute Gasteiger partial charge is 0.493 e. The molecule has 0 radical (unpaired) electrons. The van der Waals surface area contributed by atoms with Gasteiger partial charge in [-0.1, -0.05) is 25.1 Å². The molecule has 0 bridgehead atoms. The van der Waals surface area contributed by atoms with Gasteiger partial charge in [-0.15, -0.1) is 0 Å². The predicted molar refractivity (Wildman–Crippen MR) is 77.8 cm³/mol. The summed E-state index contributed by atoms with van der Waals surface area (Å²) in [5.41, 5.74) is 1.40. The Balaban J connectivity index is 1.54. The van der Waals surface area contributed by atoms with E-state index < -0.39 is 0 Å². The molecule has 19 heavy (non-hydrogen) atoms. The molecule has 1 atom stereocenters. The fraction of sp³-hybridized carbons (Fsp3) is 0.625. The van der Waals surface area contributed by atoms with Crippen LogP contribution >= 0.6 is 0 Å². The molecule has 3 heteroatoms. The molecule has 1 unspecified atom stereocenters. The van der Waals surface area contributed by atoms with Crippen molar-refractivity contribution in [3.05, 3.63) is 29.8 Å². The van der Waals surface area contributed by atoms with Crippen LogP contribution in [-0.2, 0) is 0 Å². The molecule has 1 saturated heterocycles. The molecule has 3 nitrogen and oxygen atoms in total. The second-order valence-electron chi connectivity index (χ2n) is 5.68. The molecule has 1 fully saturated rings. The number of ether oxygens (including phenoxy) is 1. The molecular formula is C16H24N2O. The Morgan fingerprint density at radius 3 is 2.84 bits per heavy atom. The van der Waals surface area contributed by atoms with Gasteiger partial charge in [-0.25, -0.2) is 0 Å². The second-order valence-corrected chi connectivity index (χ2v) is 5.68. The Morgan fingerprint density at radius 2 is 2.05 bits per heavy atom. The standard InChI is InChI=1S/C16H24N2O/c1-2-17-14-7-9-18(10-8-14)11-13-12-19-16-6-4-3-5-15(13)16/h3-6,13-14,17H,2,7-12H2,1H3. The summed E-state index contributed by atoms with van der Waals surface area (Å²) in [6.07, 6.45) is 2.56. The summed E-state index contributed by atoms with van der Waals surface area (Å²) in [6.45, 7) is 7.72. The Bertz CT molecular complexity index is 413. The average Bonchev–Trinajstić information content (AvgIpc) is 2.85. The van der Waals surface area contributed by atoms with Crippen LogP contribution in [0.1, 0.15) is 31.2 Å². The van der Waals surface area contributed by atoms with E-state index in [0.29, 0.717) is 5.92 Å². The lowest BCUT2D eigenvalue weighted by Gasteiger charge is -2.33. The highest BCUT2D eigenvalue weighted by Gasteiger charge is 2.27. The average molecular weight is 260 g/mol. The van der Waals surface area contributed by atoms with Gasteiger partial charge in [0.15, 0.2) is 0 Å². The lowest BCUT2D eigenvalue weighted by Crippen LogP contribution is -2.43. The lowest BCUT2D eigenvalue weighted by molar-refractivity contribution is 0.179. The zero-order valence-corrected chi connectivity index (χ0v) is 11.8. The smallest absolute Gasteiger partial charge is 0.122 e. The number of hydrogen-bond donors (Lipinski definition) is 1. The van der Waals surface area contributed by atoms with Gasteiger partial charge in [-0.05, 0) is 38.5 Å². The van der Waals surface area contributed by atoms with Crippen molar-refractivity contribution in [2.75, 3.05) is 32.8 Å². The third-order valence-corrected chi connectivity index (χ3v) is 4.36. The van der Waals surface area contributed by atoms with Gasteiger partial charge in [0, 0.05) is 24.1 Å². The van der Waals surface area contributed by atoms with Gasteiger partial charge in [0.2, 0.25) is 0 Å². The minimum absolute atomic E-state index is 0.562. The molecule has 1 N–H and O–H groups in total. The molecule has 0 aromatic heterocycles. The summed E-state index contributed by atoms with van der Waals surface area (Å²) in [7, 11) is 0. The van der Waals surface area contributed by atoms with E-state index in [0.717, 1.165) is 31.5 Å². The van der Waals surface area contributed by atoms with Gasteiger partial charge < -0.3 is 15.0 Å². The van der Waals surface area contributed by atoms with E-state index in [1.165, 1.54) is 31.5 Å². The van der Waals surface area contributed by atoms with Crippen molar-refractivity contribution in [2.24, 2.45) is 0 Å². The first-order valence-electron chi connectivity index (χ1n) is 7.54. The van der Waals surface area contributed by atoms with Crippen LogP contribution in [0, 0.1) is 0 Å². The first kappa shape index (κ1) is 12.9. The van der Waals surface area contributed by atoms with Crippen LogP contribution in [0.15, 0.2) is 24.3 Å². The molecule has 1 aromatic rings. The number of fused-ring (bicyclic) bond motifs is 1. The minimum atomic E-state index is 0.562. The zero-order chi connectivity index (χ0) is 13.1. The second kappa shape index (κ2) is 5.93. The molecule has 0 spiro atoms. The lowest BCUT2D eigenvalue weighted by atomic mass is 9.98. The number of benzene rings is 1. The third-order valence-electron chi connectivity index (χ3n) is 4.36. The van der Waals surface area contributed by atoms with Gasteiger partial charge in [0.25, 0.3) is 0 Å². The van der Waals surface area contributed by atoms with Crippen molar-refractivity contribution in [2.45, 2.75) is 31.7 Å². The maximum absolute atomic E-state index is 5.77. The summed E-state index contributed by atoms with van der Waals surface area (Å²) < 4.78 is 5.77. The van der Waals surface area contributed by atoms with Gasteiger partial charge in [-0.2, -0.15) is 0 Å². The van der Waals surface area contributed by atoms with Gasteiger partial charge >= 0.3 is 0 Å². The minimum Gasteiger partial charge on any atom is -0.493 e. The normalized spacial score (nSPS) is 24.2. The molecule has 0 amide bonds. The number of piperidine rings is 1. The summed E-state index contributed by atoms with van der Waals surface area (Å²) in [5.74, 6) is 1.65. The summed E-state index contributed by atoms with van der Waals surface area (Å²) in [6, 6.07) is 9.22. The SMILES string of the molecule is CCNC1CCN(CC2COc3ccccc32)CC1. The predicted octanol–water partition coefficient (Wildman–Crippen LogP) is 2.24. The molecule has 0 saturated carbocycles. The Hall–Kier alpha value is -1.06. The van der Waals surface area contributed by atoms with E-state index in [2.05, 4.69) is 41.4 Å². The molecular weight excluding hydrogens is 236 g/mol. The van der Waals surface area contributed by atoms with E-state index in [1.807, 2.05) is 0 Å².